The van der Waals surface area contributed by atoms with Crippen molar-refractivity contribution in [3.63, 3.8) is 0 Å². The Morgan fingerprint density at radius 1 is 1.00 bits per heavy atom. The smallest absolute Gasteiger partial charge is 0.326 e. The lowest BCUT2D eigenvalue weighted by Gasteiger charge is -2.16. The highest BCUT2D eigenvalue weighted by Gasteiger charge is 2.17. The molecular formula is C19H17NO4. The van der Waals surface area contributed by atoms with Gasteiger partial charge in [0.15, 0.2) is 17.3 Å². The Labute approximate surface area is 138 Å². The molecule has 2 aromatic carbocycles. The number of carbonyl (C=O) groups is 2. The van der Waals surface area contributed by atoms with E-state index in [0.717, 1.165) is 0 Å². The average Bonchev–Trinajstić information content (AvgIpc) is 2.58. The number of hydrogen-bond donors (Lipinski definition) is 0. The second-order valence-corrected chi connectivity index (χ2v) is 5.69. The second kappa shape index (κ2) is 6.28. The Balaban J connectivity index is 2.15. The molecule has 0 radical (unpaired) electrons. The van der Waals surface area contributed by atoms with E-state index >= 15 is 0 Å². The molecule has 1 heterocycles. The molecule has 0 saturated carbocycles. The summed E-state index contributed by atoms with van der Waals surface area (Å²) in [7, 11) is 0. The maximum absolute atomic E-state index is 12.6. The van der Waals surface area contributed by atoms with Crippen LogP contribution in [-0.2, 0) is 20.9 Å². The first-order valence-electron chi connectivity index (χ1n) is 7.69. The summed E-state index contributed by atoms with van der Waals surface area (Å²) in [5.74, 6) is -0.727. The first kappa shape index (κ1) is 15.9. The fourth-order valence-corrected chi connectivity index (χ4v) is 2.69. The van der Waals surface area contributed by atoms with Gasteiger partial charge < -0.3 is 9.30 Å². The van der Waals surface area contributed by atoms with E-state index in [1.165, 1.54) is 6.92 Å². The van der Waals surface area contributed by atoms with Crippen LogP contribution in [0, 0.1) is 0 Å². The topological polar surface area (TPSA) is 65.4 Å². The molecule has 0 saturated heterocycles. The molecule has 1 unspecified atom stereocenters. The molecular weight excluding hydrogens is 306 g/mol. The zero-order chi connectivity index (χ0) is 17.3. The van der Waals surface area contributed by atoms with Crippen LogP contribution in [0.25, 0.3) is 21.8 Å². The number of ether oxygens (including phenoxy) is 1. The van der Waals surface area contributed by atoms with Crippen molar-refractivity contribution in [1.82, 2.24) is 4.57 Å². The number of carbonyl (C=O) groups excluding carboxylic acids is 2. The minimum atomic E-state index is -0.783. The number of hydrogen-bond acceptors (Lipinski definition) is 4. The van der Waals surface area contributed by atoms with Crippen molar-refractivity contribution in [3.05, 3.63) is 58.8 Å². The van der Waals surface area contributed by atoms with Crippen LogP contribution in [0.5, 0.6) is 0 Å². The van der Waals surface area contributed by atoms with E-state index in [9.17, 15) is 14.4 Å². The summed E-state index contributed by atoms with van der Waals surface area (Å²) in [6, 6.07) is 14.3. The fourth-order valence-electron chi connectivity index (χ4n) is 2.69. The number of pyridine rings is 1. The number of para-hydroxylation sites is 2. The van der Waals surface area contributed by atoms with Crippen LogP contribution < -0.4 is 5.43 Å². The molecule has 1 atom stereocenters. The van der Waals surface area contributed by atoms with E-state index in [0.29, 0.717) is 21.8 Å². The SMILES string of the molecule is CC(=O)C(C)OC(=O)Cn1c2ccccc2c(=O)c2ccccc21. The summed E-state index contributed by atoms with van der Waals surface area (Å²) in [6.45, 7) is 2.85. The van der Waals surface area contributed by atoms with Crippen LogP contribution in [0.4, 0.5) is 0 Å². The predicted octanol–water partition coefficient (Wildman–Crippen LogP) is 2.68. The zero-order valence-electron chi connectivity index (χ0n) is 13.5. The summed E-state index contributed by atoms with van der Waals surface area (Å²) in [5, 5.41) is 1.09. The number of fused-ring (bicyclic) bond motifs is 2. The average molecular weight is 323 g/mol. The van der Waals surface area contributed by atoms with Crippen LogP contribution in [-0.4, -0.2) is 22.4 Å². The van der Waals surface area contributed by atoms with E-state index in [1.54, 1.807) is 47.9 Å². The Bertz CT molecular complexity index is 943. The number of esters is 1. The number of benzene rings is 2. The van der Waals surface area contributed by atoms with Crippen molar-refractivity contribution in [1.29, 1.82) is 0 Å². The van der Waals surface area contributed by atoms with Crippen molar-refractivity contribution in [2.24, 2.45) is 0 Å². The summed E-state index contributed by atoms with van der Waals surface area (Å²) in [5.41, 5.74) is 1.25. The highest BCUT2D eigenvalue weighted by molar-refractivity contribution is 5.94. The van der Waals surface area contributed by atoms with Crippen molar-refractivity contribution < 1.29 is 14.3 Å². The number of rotatable bonds is 4. The standard InChI is InChI=1S/C19H17NO4/c1-12(21)13(2)24-18(22)11-20-16-9-5-3-7-14(16)19(23)15-8-4-6-10-17(15)20/h3-10,13H,11H2,1-2H3. The Kier molecular flexibility index (Phi) is 4.16. The van der Waals surface area contributed by atoms with E-state index in [4.69, 9.17) is 4.74 Å². The number of aromatic nitrogens is 1. The van der Waals surface area contributed by atoms with Crippen LogP contribution in [0.2, 0.25) is 0 Å². The molecule has 0 N–H and O–H groups in total. The molecule has 0 spiro atoms. The van der Waals surface area contributed by atoms with Crippen LogP contribution in [0.15, 0.2) is 53.3 Å². The molecule has 0 amide bonds. The molecule has 0 fully saturated rings. The number of nitrogens with zero attached hydrogens (tertiary/aromatic N) is 1. The maximum Gasteiger partial charge on any atom is 0.326 e. The molecule has 5 heteroatoms. The van der Waals surface area contributed by atoms with Gasteiger partial charge in [0.2, 0.25) is 0 Å². The molecule has 0 bridgehead atoms. The van der Waals surface area contributed by atoms with Crippen LogP contribution in [0.1, 0.15) is 13.8 Å². The van der Waals surface area contributed by atoms with Crippen molar-refractivity contribution in [2.75, 3.05) is 0 Å². The quantitative estimate of drug-likeness (QED) is 0.547. The molecule has 122 valence electrons. The largest absolute Gasteiger partial charge is 0.453 e. The van der Waals surface area contributed by atoms with Gasteiger partial charge in [0.05, 0.1) is 11.0 Å². The van der Waals surface area contributed by atoms with Gasteiger partial charge >= 0.3 is 5.97 Å². The molecule has 0 aliphatic heterocycles. The number of Topliss-reactive ketones (excluding diaryl/α,β-unsaturated/α-hetero) is 1. The lowest BCUT2D eigenvalue weighted by atomic mass is 10.1. The predicted molar refractivity (Wildman–Crippen MR) is 91.9 cm³/mol. The molecule has 24 heavy (non-hydrogen) atoms. The monoisotopic (exact) mass is 323 g/mol. The van der Waals surface area contributed by atoms with Crippen molar-refractivity contribution in [3.8, 4) is 0 Å². The van der Waals surface area contributed by atoms with Gasteiger partial charge in [-0.25, -0.2) is 0 Å². The summed E-state index contributed by atoms with van der Waals surface area (Å²) < 4.78 is 6.91. The molecule has 1 aromatic heterocycles. The first-order valence-corrected chi connectivity index (χ1v) is 7.69. The third-order valence-electron chi connectivity index (χ3n) is 4.05. The maximum atomic E-state index is 12.6. The van der Waals surface area contributed by atoms with Gasteiger partial charge in [-0.1, -0.05) is 24.3 Å². The van der Waals surface area contributed by atoms with Crippen LogP contribution >= 0.6 is 0 Å². The summed E-state index contributed by atoms with van der Waals surface area (Å²) >= 11 is 0. The number of ketones is 1. The van der Waals surface area contributed by atoms with Crippen molar-refractivity contribution in [2.45, 2.75) is 26.5 Å². The second-order valence-electron chi connectivity index (χ2n) is 5.69. The zero-order valence-corrected chi connectivity index (χ0v) is 13.5. The van der Waals surface area contributed by atoms with Gasteiger partial charge in [-0.2, -0.15) is 0 Å². The van der Waals surface area contributed by atoms with E-state index in [2.05, 4.69) is 0 Å². The molecule has 0 aliphatic carbocycles. The van der Waals surface area contributed by atoms with Crippen LogP contribution in [0.3, 0.4) is 0 Å². The normalized spacial score (nSPS) is 12.2. The van der Waals surface area contributed by atoms with Gasteiger partial charge in [-0.05, 0) is 38.1 Å². The van der Waals surface area contributed by atoms with E-state index < -0.39 is 12.1 Å². The third-order valence-corrected chi connectivity index (χ3v) is 4.05. The minimum absolute atomic E-state index is 0.0667. The van der Waals surface area contributed by atoms with E-state index in [-0.39, 0.29) is 17.8 Å². The molecule has 3 rings (SSSR count). The van der Waals surface area contributed by atoms with Gasteiger partial charge in [-0.3, -0.25) is 14.4 Å². The van der Waals surface area contributed by atoms with Gasteiger partial charge in [0, 0.05) is 10.8 Å². The lowest BCUT2D eigenvalue weighted by Crippen LogP contribution is -2.25. The van der Waals surface area contributed by atoms with E-state index in [1.807, 2.05) is 12.1 Å². The van der Waals surface area contributed by atoms with Gasteiger partial charge in [0.25, 0.3) is 0 Å². The molecule has 0 aliphatic rings. The Morgan fingerprint density at radius 3 is 2.00 bits per heavy atom. The summed E-state index contributed by atoms with van der Waals surface area (Å²) in [6.07, 6.45) is -0.783. The molecule has 3 aromatic rings. The molecule has 5 nitrogen and oxygen atoms in total. The third kappa shape index (κ3) is 2.80. The van der Waals surface area contributed by atoms with Gasteiger partial charge in [0.1, 0.15) is 6.54 Å². The fraction of sp³-hybridized carbons (Fsp3) is 0.211. The lowest BCUT2D eigenvalue weighted by molar-refractivity contribution is -0.153. The Hall–Kier alpha value is -2.95. The highest BCUT2D eigenvalue weighted by Crippen LogP contribution is 2.19. The minimum Gasteiger partial charge on any atom is -0.453 e. The first-order chi connectivity index (χ1) is 11.5. The highest BCUT2D eigenvalue weighted by atomic mass is 16.5. The van der Waals surface area contributed by atoms with Gasteiger partial charge in [-0.15, -0.1) is 0 Å². The Morgan fingerprint density at radius 2 is 1.50 bits per heavy atom. The summed E-state index contributed by atoms with van der Waals surface area (Å²) in [4.78, 5) is 36.1. The van der Waals surface area contributed by atoms with Crippen molar-refractivity contribution >= 4 is 33.6 Å².